The largest absolute Gasteiger partial charge is 0.478 e. The number of nitrogens with one attached hydrogen (secondary N) is 1. The maximum atomic E-state index is 12.3. The highest BCUT2D eigenvalue weighted by Crippen LogP contribution is 2.26. The Morgan fingerprint density at radius 3 is 2.46 bits per heavy atom. The minimum atomic E-state index is -1.07. The van der Waals surface area contributed by atoms with Crippen LogP contribution in [0.25, 0.3) is 11.0 Å². The summed E-state index contributed by atoms with van der Waals surface area (Å²) in [5, 5.41) is 22.6. The van der Waals surface area contributed by atoms with Gasteiger partial charge in [0.15, 0.2) is 0 Å². The second kappa shape index (κ2) is 5.84. The molecule has 0 fully saturated rings. The van der Waals surface area contributed by atoms with Gasteiger partial charge in [-0.25, -0.2) is 4.79 Å². The van der Waals surface area contributed by atoms with Crippen molar-refractivity contribution >= 4 is 34.2 Å². The van der Waals surface area contributed by atoms with E-state index in [4.69, 9.17) is 9.52 Å². The molecule has 2 aromatic carbocycles. The van der Waals surface area contributed by atoms with E-state index in [1.807, 2.05) is 0 Å². The number of carboxylic acid groups (broad SMARTS) is 1. The molecule has 0 unspecified atom stereocenters. The Labute approximate surface area is 134 Å². The molecule has 3 rings (SSSR count). The summed E-state index contributed by atoms with van der Waals surface area (Å²) in [7, 11) is 0. The minimum Gasteiger partial charge on any atom is -0.478 e. The molecule has 0 saturated heterocycles. The number of nitrogens with zero attached hydrogens (tertiary/aromatic N) is 1. The Morgan fingerprint density at radius 2 is 1.83 bits per heavy atom. The molecule has 1 amide bonds. The molecule has 120 valence electrons. The zero-order chi connectivity index (χ0) is 17.3. The van der Waals surface area contributed by atoms with Crippen LogP contribution in [-0.2, 0) is 0 Å². The normalized spacial score (nSPS) is 10.5. The van der Waals surface area contributed by atoms with Gasteiger partial charge in [0.2, 0.25) is 0 Å². The standard InChI is InChI=1S/C16H10N2O6/c19-15(17-10-3-1-9(2-4-10)16(20)21)13-8-24-14-6-5-11(18(22)23)7-12(13)14/h1-8H,(H,17,19)(H,20,21). The highest BCUT2D eigenvalue weighted by molar-refractivity contribution is 6.12. The lowest BCUT2D eigenvalue weighted by molar-refractivity contribution is -0.384. The van der Waals surface area contributed by atoms with Crippen molar-refractivity contribution in [3.05, 3.63) is 70.0 Å². The smallest absolute Gasteiger partial charge is 0.335 e. The Balaban J connectivity index is 1.89. The van der Waals surface area contributed by atoms with Crippen LogP contribution >= 0.6 is 0 Å². The Hall–Kier alpha value is -3.68. The van der Waals surface area contributed by atoms with E-state index in [-0.39, 0.29) is 16.8 Å². The van der Waals surface area contributed by atoms with Crippen molar-refractivity contribution in [2.75, 3.05) is 5.32 Å². The monoisotopic (exact) mass is 326 g/mol. The van der Waals surface area contributed by atoms with Gasteiger partial charge in [0.25, 0.3) is 11.6 Å². The molecule has 0 atom stereocenters. The number of nitro groups is 1. The number of hydrogen-bond acceptors (Lipinski definition) is 5. The molecule has 0 radical (unpaired) electrons. The number of rotatable bonds is 4. The van der Waals surface area contributed by atoms with E-state index >= 15 is 0 Å². The lowest BCUT2D eigenvalue weighted by atomic mass is 10.1. The van der Waals surface area contributed by atoms with Crippen molar-refractivity contribution < 1.29 is 24.0 Å². The molecule has 3 aromatic rings. The average Bonchev–Trinajstić information content (AvgIpc) is 2.98. The van der Waals surface area contributed by atoms with Crippen LogP contribution < -0.4 is 5.32 Å². The van der Waals surface area contributed by atoms with Gasteiger partial charge in [0.1, 0.15) is 11.8 Å². The Kier molecular flexibility index (Phi) is 3.70. The second-order valence-electron chi connectivity index (χ2n) is 4.92. The first-order valence-electron chi connectivity index (χ1n) is 6.76. The summed E-state index contributed by atoms with van der Waals surface area (Å²) >= 11 is 0. The highest BCUT2D eigenvalue weighted by Gasteiger charge is 2.17. The first-order chi connectivity index (χ1) is 11.5. The molecule has 8 nitrogen and oxygen atoms in total. The fourth-order valence-corrected chi connectivity index (χ4v) is 2.20. The number of anilines is 1. The van der Waals surface area contributed by atoms with Gasteiger partial charge in [0.05, 0.1) is 16.1 Å². The SMILES string of the molecule is O=C(O)c1ccc(NC(=O)c2coc3ccc([N+](=O)[O-])cc23)cc1. The zero-order valence-corrected chi connectivity index (χ0v) is 12.1. The predicted octanol–water partition coefficient (Wildman–Crippen LogP) is 3.29. The predicted molar refractivity (Wildman–Crippen MR) is 84.2 cm³/mol. The van der Waals surface area contributed by atoms with Crippen molar-refractivity contribution in [1.82, 2.24) is 0 Å². The Bertz CT molecular complexity index is 958. The van der Waals surface area contributed by atoms with Crippen LogP contribution in [0.4, 0.5) is 11.4 Å². The lowest BCUT2D eigenvalue weighted by Crippen LogP contribution is -2.11. The lowest BCUT2D eigenvalue weighted by Gasteiger charge is -2.04. The number of carbonyl (C=O) groups excluding carboxylic acids is 1. The molecular formula is C16H10N2O6. The molecular weight excluding hydrogens is 316 g/mol. The third-order valence-electron chi connectivity index (χ3n) is 3.40. The number of carboxylic acids is 1. The van der Waals surface area contributed by atoms with Crippen molar-refractivity contribution in [2.45, 2.75) is 0 Å². The maximum absolute atomic E-state index is 12.3. The summed E-state index contributed by atoms with van der Waals surface area (Å²) in [4.78, 5) is 33.4. The number of benzene rings is 2. The molecule has 0 aliphatic carbocycles. The molecule has 0 saturated carbocycles. The fraction of sp³-hybridized carbons (Fsp3) is 0. The number of aromatic carboxylic acids is 1. The fourth-order valence-electron chi connectivity index (χ4n) is 2.20. The summed E-state index contributed by atoms with van der Waals surface area (Å²) in [5.74, 6) is -1.58. The number of fused-ring (bicyclic) bond motifs is 1. The van der Waals surface area contributed by atoms with Crippen molar-refractivity contribution in [2.24, 2.45) is 0 Å². The number of nitro benzene ring substituents is 1. The van der Waals surface area contributed by atoms with Crippen molar-refractivity contribution in [1.29, 1.82) is 0 Å². The van der Waals surface area contributed by atoms with E-state index in [0.717, 1.165) is 0 Å². The second-order valence-corrected chi connectivity index (χ2v) is 4.92. The van der Waals surface area contributed by atoms with Gasteiger partial charge in [-0.1, -0.05) is 0 Å². The Morgan fingerprint density at radius 1 is 1.12 bits per heavy atom. The molecule has 0 bridgehead atoms. The van der Waals surface area contributed by atoms with Crippen LogP contribution in [-0.4, -0.2) is 21.9 Å². The topological polar surface area (TPSA) is 123 Å². The van der Waals surface area contributed by atoms with Crippen molar-refractivity contribution in [3.63, 3.8) is 0 Å². The van der Waals surface area contributed by atoms with E-state index in [0.29, 0.717) is 16.7 Å². The number of furan rings is 1. The molecule has 1 aromatic heterocycles. The van der Waals surface area contributed by atoms with Gasteiger partial charge in [-0.3, -0.25) is 14.9 Å². The van der Waals surface area contributed by atoms with E-state index in [1.54, 1.807) is 0 Å². The average molecular weight is 326 g/mol. The quantitative estimate of drug-likeness (QED) is 0.560. The van der Waals surface area contributed by atoms with Crippen LogP contribution in [0, 0.1) is 10.1 Å². The van der Waals surface area contributed by atoms with E-state index in [2.05, 4.69) is 5.32 Å². The summed E-state index contributed by atoms with van der Waals surface area (Å²) in [6, 6.07) is 9.59. The maximum Gasteiger partial charge on any atom is 0.335 e. The molecule has 0 aliphatic rings. The van der Waals surface area contributed by atoms with E-state index < -0.39 is 16.8 Å². The third-order valence-corrected chi connectivity index (χ3v) is 3.40. The highest BCUT2D eigenvalue weighted by atomic mass is 16.6. The summed E-state index contributed by atoms with van der Waals surface area (Å²) in [5.41, 5.74) is 0.842. The van der Waals surface area contributed by atoms with E-state index in [1.165, 1.54) is 48.7 Å². The van der Waals surface area contributed by atoms with Crippen molar-refractivity contribution in [3.8, 4) is 0 Å². The van der Waals surface area contributed by atoms with Crippen LogP contribution in [0.1, 0.15) is 20.7 Å². The first-order valence-corrected chi connectivity index (χ1v) is 6.76. The molecule has 2 N–H and O–H groups in total. The summed E-state index contributed by atoms with van der Waals surface area (Å²) < 4.78 is 5.23. The number of carbonyl (C=O) groups is 2. The van der Waals surface area contributed by atoms with Crippen LogP contribution in [0.3, 0.4) is 0 Å². The summed E-state index contributed by atoms with van der Waals surface area (Å²) in [6.07, 6.45) is 1.22. The van der Waals surface area contributed by atoms with Gasteiger partial charge < -0.3 is 14.8 Å². The number of amides is 1. The molecule has 0 aliphatic heterocycles. The molecule has 1 heterocycles. The van der Waals surface area contributed by atoms with Crippen LogP contribution in [0.2, 0.25) is 0 Å². The van der Waals surface area contributed by atoms with Gasteiger partial charge >= 0.3 is 5.97 Å². The van der Waals surface area contributed by atoms with Crippen LogP contribution in [0.5, 0.6) is 0 Å². The summed E-state index contributed by atoms with van der Waals surface area (Å²) in [6.45, 7) is 0. The molecule has 0 spiro atoms. The number of hydrogen-bond donors (Lipinski definition) is 2. The van der Waals surface area contributed by atoms with Gasteiger partial charge in [-0.15, -0.1) is 0 Å². The van der Waals surface area contributed by atoms with Gasteiger partial charge in [-0.05, 0) is 30.3 Å². The number of non-ortho nitro benzene ring substituents is 1. The minimum absolute atomic E-state index is 0.0948. The van der Waals surface area contributed by atoms with Crippen LogP contribution in [0.15, 0.2) is 53.1 Å². The molecule has 8 heteroatoms. The third kappa shape index (κ3) is 2.80. The van der Waals surface area contributed by atoms with Gasteiger partial charge in [0, 0.05) is 23.2 Å². The zero-order valence-electron chi connectivity index (χ0n) is 12.1. The van der Waals surface area contributed by atoms with Gasteiger partial charge in [-0.2, -0.15) is 0 Å². The molecule has 24 heavy (non-hydrogen) atoms. The van der Waals surface area contributed by atoms with E-state index in [9.17, 15) is 19.7 Å². The first kappa shape index (κ1) is 15.2.